The predicted molar refractivity (Wildman–Crippen MR) is 112 cm³/mol. The zero-order valence-electron chi connectivity index (χ0n) is 17.8. The molecule has 0 saturated carbocycles. The number of ether oxygens (including phenoxy) is 2. The minimum absolute atomic E-state index is 0.0125. The number of aliphatic hydroxyl groups excluding tert-OH is 1. The minimum Gasteiger partial charge on any atom is -0.396 e. The first-order valence-corrected chi connectivity index (χ1v) is 10.5. The summed E-state index contributed by atoms with van der Waals surface area (Å²) in [5, 5.41) is 15.5. The molecule has 2 fully saturated rings. The SMILES string of the molecule is CN=C(NCc1ccc(N2CCOCC2)cc1C(F)(F)F)NCC1(CCO)CCOC1. The van der Waals surface area contributed by atoms with E-state index in [1.807, 2.05) is 4.90 Å². The first-order chi connectivity index (χ1) is 14.9. The second kappa shape index (κ2) is 10.5. The summed E-state index contributed by atoms with van der Waals surface area (Å²) in [6.07, 6.45) is -3.04. The van der Waals surface area contributed by atoms with Crippen molar-refractivity contribution in [2.45, 2.75) is 25.6 Å². The highest BCUT2D eigenvalue weighted by atomic mass is 19.4. The van der Waals surface area contributed by atoms with E-state index in [2.05, 4.69) is 15.6 Å². The third-order valence-corrected chi connectivity index (χ3v) is 5.90. The lowest BCUT2D eigenvalue weighted by Gasteiger charge is -2.30. The van der Waals surface area contributed by atoms with Gasteiger partial charge in [-0.3, -0.25) is 4.99 Å². The molecule has 174 valence electrons. The highest BCUT2D eigenvalue weighted by Gasteiger charge is 2.35. The number of guanidine groups is 1. The number of rotatable bonds is 7. The van der Waals surface area contributed by atoms with Gasteiger partial charge in [0, 0.05) is 57.5 Å². The molecule has 2 saturated heterocycles. The van der Waals surface area contributed by atoms with Crippen molar-refractivity contribution in [1.29, 1.82) is 0 Å². The number of aliphatic imine (C=N–C) groups is 1. The summed E-state index contributed by atoms with van der Waals surface area (Å²) >= 11 is 0. The summed E-state index contributed by atoms with van der Waals surface area (Å²) in [5.74, 6) is 0.412. The summed E-state index contributed by atoms with van der Waals surface area (Å²) in [7, 11) is 1.57. The van der Waals surface area contributed by atoms with Crippen molar-refractivity contribution in [3.63, 3.8) is 0 Å². The van der Waals surface area contributed by atoms with E-state index in [1.165, 1.54) is 12.1 Å². The summed E-state index contributed by atoms with van der Waals surface area (Å²) in [4.78, 5) is 6.03. The minimum atomic E-state index is -4.46. The molecule has 0 aliphatic carbocycles. The number of hydrogen-bond donors (Lipinski definition) is 3. The van der Waals surface area contributed by atoms with E-state index in [0.29, 0.717) is 64.1 Å². The molecule has 0 bridgehead atoms. The molecule has 2 aliphatic rings. The molecular formula is C21H31F3N4O3. The van der Waals surface area contributed by atoms with Gasteiger partial charge in [0.05, 0.1) is 25.4 Å². The molecule has 2 aliphatic heterocycles. The topological polar surface area (TPSA) is 78.4 Å². The zero-order chi connectivity index (χ0) is 22.3. The van der Waals surface area contributed by atoms with Gasteiger partial charge in [0.2, 0.25) is 0 Å². The average Bonchev–Trinajstić information content (AvgIpc) is 3.23. The molecule has 0 amide bonds. The summed E-state index contributed by atoms with van der Waals surface area (Å²) in [6.45, 7) is 3.91. The van der Waals surface area contributed by atoms with Gasteiger partial charge in [-0.15, -0.1) is 0 Å². The van der Waals surface area contributed by atoms with Crippen LogP contribution in [0.5, 0.6) is 0 Å². The lowest BCUT2D eigenvalue weighted by molar-refractivity contribution is -0.138. The Morgan fingerprint density at radius 3 is 2.58 bits per heavy atom. The smallest absolute Gasteiger partial charge is 0.396 e. The molecule has 1 atom stereocenters. The van der Waals surface area contributed by atoms with Crippen LogP contribution < -0.4 is 15.5 Å². The molecule has 1 unspecified atom stereocenters. The molecule has 1 aromatic rings. The fraction of sp³-hybridized carbons (Fsp3) is 0.667. The molecule has 31 heavy (non-hydrogen) atoms. The number of hydrogen-bond acceptors (Lipinski definition) is 5. The molecule has 0 radical (unpaired) electrons. The standard InChI is InChI=1S/C21H31F3N4O3/c1-25-19(27-14-20(4-8-29)5-9-31-15-20)26-13-16-2-3-17(12-18(16)21(22,23)24)28-6-10-30-11-7-28/h2-3,12,29H,4-11,13-15H2,1H3,(H2,25,26,27). The van der Waals surface area contributed by atoms with E-state index in [0.717, 1.165) is 6.42 Å². The van der Waals surface area contributed by atoms with Crippen LogP contribution in [-0.4, -0.2) is 70.8 Å². The Morgan fingerprint density at radius 1 is 1.19 bits per heavy atom. The fourth-order valence-electron chi connectivity index (χ4n) is 3.98. The van der Waals surface area contributed by atoms with E-state index in [4.69, 9.17) is 9.47 Å². The molecule has 0 spiro atoms. The van der Waals surface area contributed by atoms with Crippen LogP contribution in [-0.2, 0) is 22.2 Å². The van der Waals surface area contributed by atoms with E-state index in [9.17, 15) is 18.3 Å². The fourth-order valence-corrected chi connectivity index (χ4v) is 3.98. The number of nitrogens with one attached hydrogen (secondary N) is 2. The van der Waals surface area contributed by atoms with Gasteiger partial charge in [-0.1, -0.05) is 6.07 Å². The summed E-state index contributed by atoms with van der Waals surface area (Å²) in [5.41, 5.74) is -0.139. The second-order valence-corrected chi connectivity index (χ2v) is 7.99. The highest BCUT2D eigenvalue weighted by molar-refractivity contribution is 5.79. The van der Waals surface area contributed by atoms with Crippen LogP contribution >= 0.6 is 0 Å². The van der Waals surface area contributed by atoms with Crippen molar-refractivity contribution in [2.24, 2.45) is 10.4 Å². The van der Waals surface area contributed by atoms with Gasteiger partial charge in [0.25, 0.3) is 0 Å². The maximum Gasteiger partial charge on any atom is 0.416 e. The molecule has 3 rings (SSSR count). The normalized spacial score (nSPS) is 22.6. The number of alkyl halides is 3. The number of nitrogens with zero attached hydrogens (tertiary/aromatic N) is 2. The van der Waals surface area contributed by atoms with Crippen molar-refractivity contribution >= 4 is 11.6 Å². The van der Waals surface area contributed by atoms with E-state index in [1.54, 1.807) is 13.1 Å². The van der Waals surface area contributed by atoms with E-state index >= 15 is 0 Å². The molecule has 0 aromatic heterocycles. The first kappa shape index (κ1) is 23.6. The Hall–Kier alpha value is -2.04. The van der Waals surface area contributed by atoms with Crippen molar-refractivity contribution < 1.29 is 27.8 Å². The van der Waals surface area contributed by atoms with Crippen LogP contribution in [0, 0.1) is 5.41 Å². The maximum atomic E-state index is 13.7. The Labute approximate surface area is 180 Å². The highest BCUT2D eigenvalue weighted by Crippen LogP contribution is 2.35. The lowest BCUT2D eigenvalue weighted by atomic mass is 9.84. The van der Waals surface area contributed by atoms with Crippen molar-refractivity contribution in [3.05, 3.63) is 29.3 Å². The molecule has 3 N–H and O–H groups in total. The van der Waals surface area contributed by atoms with Crippen LogP contribution in [0.3, 0.4) is 0 Å². The zero-order valence-corrected chi connectivity index (χ0v) is 17.8. The van der Waals surface area contributed by atoms with E-state index in [-0.39, 0.29) is 24.1 Å². The lowest BCUT2D eigenvalue weighted by Crippen LogP contribution is -2.44. The van der Waals surface area contributed by atoms with E-state index < -0.39 is 11.7 Å². The number of halogens is 3. The van der Waals surface area contributed by atoms with Gasteiger partial charge < -0.3 is 30.1 Å². The number of morpholine rings is 1. The van der Waals surface area contributed by atoms with Gasteiger partial charge >= 0.3 is 6.18 Å². The Bertz CT molecular complexity index is 746. The van der Waals surface area contributed by atoms with Crippen LogP contribution in [0.2, 0.25) is 0 Å². The summed E-state index contributed by atoms with van der Waals surface area (Å²) < 4.78 is 52.0. The molecule has 1 aromatic carbocycles. The second-order valence-electron chi connectivity index (χ2n) is 7.99. The van der Waals surface area contributed by atoms with Gasteiger partial charge in [-0.25, -0.2) is 0 Å². The number of benzene rings is 1. The van der Waals surface area contributed by atoms with Crippen LogP contribution in [0.25, 0.3) is 0 Å². The van der Waals surface area contributed by atoms with Crippen molar-refractivity contribution in [2.75, 3.05) is 64.6 Å². The third-order valence-electron chi connectivity index (χ3n) is 5.90. The number of anilines is 1. The Balaban J connectivity index is 1.66. The predicted octanol–water partition coefficient (Wildman–Crippen LogP) is 2.00. The molecular weight excluding hydrogens is 413 g/mol. The molecule has 7 nitrogen and oxygen atoms in total. The number of aliphatic hydroxyl groups is 1. The molecule has 2 heterocycles. The maximum absolute atomic E-state index is 13.7. The third kappa shape index (κ3) is 6.24. The Kier molecular flexibility index (Phi) is 8.01. The monoisotopic (exact) mass is 444 g/mol. The quantitative estimate of drug-likeness (QED) is 0.441. The average molecular weight is 444 g/mol. The Morgan fingerprint density at radius 2 is 1.97 bits per heavy atom. The van der Waals surface area contributed by atoms with Gasteiger partial charge in [0.1, 0.15) is 0 Å². The first-order valence-electron chi connectivity index (χ1n) is 10.5. The van der Waals surface area contributed by atoms with Gasteiger partial charge in [-0.05, 0) is 30.5 Å². The van der Waals surface area contributed by atoms with Gasteiger partial charge in [-0.2, -0.15) is 13.2 Å². The largest absolute Gasteiger partial charge is 0.416 e. The van der Waals surface area contributed by atoms with Crippen molar-refractivity contribution in [3.8, 4) is 0 Å². The van der Waals surface area contributed by atoms with Crippen LogP contribution in [0.4, 0.5) is 18.9 Å². The summed E-state index contributed by atoms with van der Waals surface area (Å²) in [6, 6.07) is 4.45. The molecule has 10 heteroatoms. The van der Waals surface area contributed by atoms with Crippen LogP contribution in [0.1, 0.15) is 24.0 Å². The van der Waals surface area contributed by atoms with Crippen molar-refractivity contribution in [1.82, 2.24) is 10.6 Å². The van der Waals surface area contributed by atoms with Crippen LogP contribution in [0.15, 0.2) is 23.2 Å². The van der Waals surface area contributed by atoms with Gasteiger partial charge in [0.15, 0.2) is 5.96 Å².